The monoisotopic (exact) mass is 521 g/mol. The smallest absolute Gasteiger partial charge is 0.147 e. The van der Waals surface area contributed by atoms with Gasteiger partial charge in [-0.05, 0) is 82.6 Å². The maximum atomic E-state index is 5.32. The van der Waals surface area contributed by atoms with E-state index in [-0.39, 0.29) is 0 Å². The van der Waals surface area contributed by atoms with E-state index in [1.165, 1.54) is 65.7 Å². The molecule has 0 amide bonds. The van der Waals surface area contributed by atoms with Crippen molar-refractivity contribution in [1.82, 2.24) is 14.0 Å². The second kappa shape index (κ2) is 7.61. The number of pyridine rings is 1. The van der Waals surface area contributed by atoms with Gasteiger partial charge in [-0.2, -0.15) is 0 Å². The molecule has 3 aromatic heterocycles. The number of imidazole rings is 1. The van der Waals surface area contributed by atoms with Crippen LogP contribution >= 0.6 is 0 Å². The van der Waals surface area contributed by atoms with Crippen LogP contribution in [0.2, 0.25) is 0 Å². The number of hydrogen-bond donors (Lipinski definition) is 0. The first-order valence-corrected chi connectivity index (χ1v) is 14.2. The van der Waals surface area contributed by atoms with E-state index in [9.17, 15) is 0 Å². The van der Waals surface area contributed by atoms with Crippen LogP contribution in [0.1, 0.15) is 11.1 Å². The van der Waals surface area contributed by atoms with E-state index >= 15 is 0 Å². The van der Waals surface area contributed by atoms with Crippen LogP contribution in [0.4, 0.5) is 0 Å². The highest BCUT2D eigenvalue weighted by Gasteiger charge is 2.24. The highest BCUT2D eigenvalue weighted by Crippen LogP contribution is 2.45. The van der Waals surface area contributed by atoms with Gasteiger partial charge in [0.25, 0.3) is 0 Å². The number of benzene rings is 6. The van der Waals surface area contributed by atoms with Gasteiger partial charge >= 0.3 is 0 Å². The summed E-state index contributed by atoms with van der Waals surface area (Å²) in [5, 5.41) is 6.23. The summed E-state index contributed by atoms with van der Waals surface area (Å²) in [7, 11) is 0. The summed E-state index contributed by atoms with van der Waals surface area (Å²) >= 11 is 0. The molecule has 0 N–H and O–H groups in total. The number of aromatic nitrogens is 3. The molecule has 3 nitrogen and oxygen atoms in total. The second-order valence-electron chi connectivity index (χ2n) is 11.2. The SMILES string of the molecule is c1ccc(-n2c3ccccc3c3c4c(ccc32)c2cc3c(cc2n2c5ccccc5nc42)Cc2ccccc2-3)cc1. The van der Waals surface area contributed by atoms with Crippen molar-refractivity contribution in [3.05, 3.63) is 139 Å². The first-order chi connectivity index (χ1) is 20.3. The summed E-state index contributed by atoms with van der Waals surface area (Å²) in [5.41, 5.74) is 13.5. The molecule has 41 heavy (non-hydrogen) atoms. The van der Waals surface area contributed by atoms with E-state index < -0.39 is 0 Å². The topological polar surface area (TPSA) is 22.2 Å². The summed E-state index contributed by atoms with van der Waals surface area (Å²) in [6.45, 7) is 0. The molecule has 0 atom stereocenters. The number of hydrogen-bond acceptors (Lipinski definition) is 1. The van der Waals surface area contributed by atoms with Crippen LogP contribution in [0.15, 0.2) is 127 Å². The maximum absolute atomic E-state index is 5.32. The molecule has 0 fully saturated rings. The molecule has 0 saturated carbocycles. The summed E-state index contributed by atoms with van der Waals surface area (Å²) in [6.07, 6.45) is 0.969. The van der Waals surface area contributed by atoms with E-state index in [0.29, 0.717) is 0 Å². The average molecular weight is 522 g/mol. The van der Waals surface area contributed by atoms with Gasteiger partial charge in [0.1, 0.15) is 5.65 Å². The molecule has 0 unspecified atom stereocenters. The lowest BCUT2D eigenvalue weighted by Crippen LogP contribution is -1.95. The molecule has 190 valence electrons. The highest BCUT2D eigenvalue weighted by molar-refractivity contribution is 6.30. The number of fused-ring (bicyclic) bond motifs is 15. The molecule has 0 radical (unpaired) electrons. The Labute approximate surface area is 235 Å². The van der Waals surface area contributed by atoms with E-state index in [1.54, 1.807) is 0 Å². The van der Waals surface area contributed by atoms with Gasteiger partial charge in [0.05, 0.1) is 27.6 Å². The molecule has 0 aliphatic heterocycles. The Morgan fingerprint density at radius 3 is 2.20 bits per heavy atom. The van der Waals surface area contributed by atoms with Gasteiger partial charge in [-0.3, -0.25) is 4.40 Å². The lowest BCUT2D eigenvalue weighted by atomic mass is 9.97. The van der Waals surface area contributed by atoms with Gasteiger partial charge in [-0.1, -0.05) is 78.9 Å². The minimum absolute atomic E-state index is 0.969. The van der Waals surface area contributed by atoms with Crippen LogP contribution < -0.4 is 0 Å². The molecular formula is C38H23N3. The zero-order valence-electron chi connectivity index (χ0n) is 22.2. The van der Waals surface area contributed by atoms with Crippen LogP contribution in [-0.2, 0) is 6.42 Å². The van der Waals surface area contributed by atoms with Crippen LogP contribution in [0.25, 0.3) is 77.0 Å². The molecule has 9 aromatic rings. The fourth-order valence-corrected chi connectivity index (χ4v) is 7.38. The second-order valence-corrected chi connectivity index (χ2v) is 11.2. The van der Waals surface area contributed by atoms with Crippen molar-refractivity contribution in [2.75, 3.05) is 0 Å². The number of para-hydroxylation sites is 4. The molecule has 10 rings (SSSR count). The summed E-state index contributed by atoms with van der Waals surface area (Å²) in [4.78, 5) is 5.32. The van der Waals surface area contributed by atoms with Gasteiger partial charge in [-0.25, -0.2) is 4.98 Å². The minimum Gasteiger partial charge on any atom is -0.309 e. The zero-order chi connectivity index (χ0) is 26.7. The quantitative estimate of drug-likeness (QED) is 0.197. The van der Waals surface area contributed by atoms with E-state index in [0.717, 1.165) is 28.8 Å². The zero-order valence-corrected chi connectivity index (χ0v) is 22.2. The van der Waals surface area contributed by atoms with Crippen molar-refractivity contribution in [2.45, 2.75) is 6.42 Å². The largest absolute Gasteiger partial charge is 0.309 e. The lowest BCUT2D eigenvalue weighted by Gasteiger charge is -2.13. The molecule has 0 bridgehead atoms. The average Bonchev–Trinajstić information content (AvgIpc) is 3.70. The summed E-state index contributed by atoms with van der Waals surface area (Å²) < 4.78 is 4.80. The van der Waals surface area contributed by atoms with Crippen LogP contribution in [0, 0.1) is 0 Å². The van der Waals surface area contributed by atoms with Crippen LogP contribution in [-0.4, -0.2) is 14.0 Å². The van der Waals surface area contributed by atoms with Gasteiger partial charge < -0.3 is 4.57 Å². The fourth-order valence-electron chi connectivity index (χ4n) is 7.38. The third kappa shape index (κ3) is 2.70. The molecular weight excluding hydrogens is 498 g/mol. The minimum atomic E-state index is 0.969. The maximum Gasteiger partial charge on any atom is 0.147 e. The van der Waals surface area contributed by atoms with E-state index in [1.807, 2.05) is 0 Å². The Hall–Kier alpha value is -5.41. The molecule has 6 aromatic carbocycles. The van der Waals surface area contributed by atoms with Gasteiger partial charge in [-0.15, -0.1) is 0 Å². The van der Waals surface area contributed by atoms with Gasteiger partial charge in [0.2, 0.25) is 0 Å². The summed E-state index contributed by atoms with van der Waals surface area (Å²) in [5.74, 6) is 0. The Kier molecular flexibility index (Phi) is 3.98. The van der Waals surface area contributed by atoms with Crippen molar-refractivity contribution < 1.29 is 0 Å². The first-order valence-electron chi connectivity index (χ1n) is 14.2. The van der Waals surface area contributed by atoms with Gasteiger partial charge in [0, 0.05) is 27.2 Å². The van der Waals surface area contributed by atoms with Gasteiger partial charge in [0.15, 0.2) is 0 Å². The summed E-state index contributed by atoms with van der Waals surface area (Å²) in [6, 6.07) is 46.4. The number of nitrogens with zero attached hydrogens (tertiary/aromatic N) is 3. The Morgan fingerprint density at radius 2 is 1.27 bits per heavy atom. The Morgan fingerprint density at radius 1 is 0.488 bits per heavy atom. The van der Waals surface area contributed by atoms with Crippen LogP contribution in [0.5, 0.6) is 0 Å². The van der Waals surface area contributed by atoms with E-state index in [2.05, 4.69) is 136 Å². The molecule has 0 spiro atoms. The normalized spacial score (nSPS) is 12.8. The molecule has 1 aliphatic carbocycles. The van der Waals surface area contributed by atoms with Crippen molar-refractivity contribution in [3.8, 4) is 16.8 Å². The van der Waals surface area contributed by atoms with Crippen molar-refractivity contribution in [1.29, 1.82) is 0 Å². The van der Waals surface area contributed by atoms with Crippen LogP contribution in [0.3, 0.4) is 0 Å². The molecule has 3 heteroatoms. The standard InChI is InChI=1S/C38H23N3/c1-2-11-25(12-3-1)40-32-16-8-6-14-28(32)36-34(40)19-18-27-30-22-29-24(20-23-10-4-5-13-26(23)29)21-35(30)41-33-17-9-7-15-31(33)39-38(41)37(27)36/h1-19,21-22H,20H2. The third-order valence-corrected chi connectivity index (χ3v) is 9.08. The van der Waals surface area contributed by atoms with Crippen molar-refractivity contribution >= 4 is 60.2 Å². The highest BCUT2D eigenvalue weighted by atomic mass is 15.0. The predicted molar refractivity (Wildman–Crippen MR) is 170 cm³/mol. The molecule has 3 heterocycles. The van der Waals surface area contributed by atoms with E-state index in [4.69, 9.17) is 4.98 Å². The fraction of sp³-hybridized carbons (Fsp3) is 0.0263. The van der Waals surface area contributed by atoms with Crippen molar-refractivity contribution in [2.24, 2.45) is 0 Å². The Bertz CT molecular complexity index is 2550. The first kappa shape index (κ1) is 21.4. The number of rotatable bonds is 1. The lowest BCUT2D eigenvalue weighted by molar-refractivity contribution is 1.18. The molecule has 1 aliphatic rings. The molecule has 0 saturated heterocycles. The Balaban J connectivity index is 1.48. The predicted octanol–water partition coefficient (Wildman–Crippen LogP) is 9.46. The third-order valence-electron chi connectivity index (χ3n) is 9.08. The van der Waals surface area contributed by atoms with Crippen molar-refractivity contribution in [3.63, 3.8) is 0 Å².